The molecule has 2 aliphatic heterocycles. The highest BCUT2D eigenvalue weighted by atomic mass is 127. The summed E-state index contributed by atoms with van der Waals surface area (Å²) in [5.41, 5.74) is 0. The predicted octanol–water partition coefficient (Wildman–Crippen LogP) is 1.92. The van der Waals surface area contributed by atoms with Crippen LogP contribution in [-0.2, 0) is 9.53 Å². The maximum atomic E-state index is 12.1. The molecule has 2 rings (SSSR count). The average molecular weight is 509 g/mol. The zero-order valence-electron chi connectivity index (χ0n) is 18.2. The molecule has 2 unspecified atom stereocenters. The number of nitrogens with zero attached hydrogens (tertiary/aromatic N) is 3. The molecule has 2 N–H and O–H groups in total. The van der Waals surface area contributed by atoms with Crippen molar-refractivity contribution < 1.29 is 9.53 Å². The standard InChI is InChI=1S/C20H39N5O2.HI/c1-6-21-20(22-13-16(4)25-11-12-27-14-17(25)5)23-18-7-9-24(10-8-18)19(26)15(2)3;/h15-18H,6-14H2,1-5H3,(H2,21,22,23);1H. The highest BCUT2D eigenvalue weighted by Gasteiger charge is 2.25. The summed E-state index contributed by atoms with van der Waals surface area (Å²) >= 11 is 0. The van der Waals surface area contributed by atoms with Crippen molar-refractivity contribution in [3.63, 3.8) is 0 Å². The molecule has 28 heavy (non-hydrogen) atoms. The molecule has 8 heteroatoms. The van der Waals surface area contributed by atoms with Crippen molar-refractivity contribution >= 4 is 35.8 Å². The van der Waals surface area contributed by atoms with Crippen LogP contribution in [0.4, 0.5) is 0 Å². The van der Waals surface area contributed by atoms with E-state index in [1.807, 2.05) is 18.7 Å². The molecule has 2 heterocycles. The van der Waals surface area contributed by atoms with Gasteiger partial charge in [0.05, 0.1) is 19.8 Å². The summed E-state index contributed by atoms with van der Waals surface area (Å²) in [6.07, 6.45) is 1.94. The van der Waals surface area contributed by atoms with E-state index in [4.69, 9.17) is 9.73 Å². The molecule has 0 aromatic heterocycles. The van der Waals surface area contributed by atoms with Gasteiger partial charge in [-0.15, -0.1) is 24.0 Å². The number of hydrogen-bond donors (Lipinski definition) is 2. The lowest BCUT2D eigenvalue weighted by Gasteiger charge is -2.37. The van der Waals surface area contributed by atoms with Crippen LogP contribution >= 0.6 is 24.0 Å². The van der Waals surface area contributed by atoms with Crippen LogP contribution in [0.5, 0.6) is 0 Å². The number of amides is 1. The Morgan fingerprint density at radius 1 is 1.21 bits per heavy atom. The molecule has 2 atom stereocenters. The number of carbonyl (C=O) groups excluding carboxylic acids is 1. The number of ether oxygens (including phenoxy) is 1. The topological polar surface area (TPSA) is 69.2 Å². The highest BCUT2D eigenvalue weighted by Crippen LogP contribution is 2.14. The van der Waals surface area contributed by atoms with E-state index in [0.29, 0.717) is 18.1 Å². The highest BCUT2D eigenvalue weighted by molar-refractivity contribution is 14.0. The molecule has 2 aliphatic rings. The molecule has 0 aromatic rings. The molecule has 1 amide bonds. The number of hydrogen-bond acceptors (Lipinski definition) is 4. The minimum absolute atomic E-state index is 0. The number of likely N-dealkylation sites (tertiary alicyclic amines) is 1. The Kier molecular flexibility index (Phi) is 11.7. The Hall–Kier alpha value is -0.610. The van der Waals surface area contributed by atoms with Gasteiger partial charge in [-0.25, -0.2) is 0 Å². The third-order valence-electron chi connectivity index (χ3n) is 5.48. The zero-order valence-corrected chi connectivity index (χ0v) is 20.6. The van der Waals surface area contributed by atoms with Crippen LogP contribution < -0.4 is 10.6 Å². The molecule has 2 fully saturated rings. The number of aliphatic imine (C=N–C) groups is 1. The summed E-state index contributed by atoms with van der Waals surface area (Å²) in [6.45, 7) is 16.4. The second kappa shape index (κ2) is 12.8. The van der Waals surface area contributed by atoms with Crippen LogP contribution in [0.2, 0.25) is 0 Å². The average Bonchev–Trinajstić information content (AvgIpc) is 2.66. The minimum atomic E-state index is 0. The second-order valence-electron chi connectivity index (χ2n) is 8.13. The van der Waals surface area contributed by atoms with Gasteiger partial charge in [-0.05, 0) is 33.6 Å². The van der Waals surface area contributed by atoms with Gasteiger partial charge in [-0.1, -0.05) is 13.8 Å². The molecule has 0 aliphatic carbocycles. The van der Waals surface area contributed by atoms with Gasteiger partial charge >= 0.3 is 0 Å². The van der Waals surface area contributed by atoms with Gasteiger partial charge in [0.15, 0.2) is 5.96 Å². The van der Waals surface area contributed by atoms with E-state index in [1.165, 1.54) is 0 Å². The molecule has 2 saturated heterocycles. The number of carbonyl (C=O) groups is 1. The molecule has 0 aromatic carbocycles. The number of rotatable bonds is 6. The van der Waals surface area contributed by atoms with E-state index < -0.39 is 0 Å². The normalized spacial score (nSPS) is 23.3. The summed E-state index contributed by atoms with van der Waals surface area (Å²) in [5, 5.41) is 6.94. The van der Waals surface area contributed by atoms with Gasteiger partial charge in [0.2, 0.25) is 5.91 Å². The maximum absolute atomic E-state index is 12.1. The summed E-state index contributed by atoms with van der Waals surface area (Å²) in [6, 6.07) is 1.21. The Morgan fingerprint density at radius 2 is 1.89 bits per heavy atom. The quantitative estimate of drug-likeness (QED) is 0.326. The molecule has 7 nitrogen and oxygen atoms in total. The van der Waals surface area contributed by atoms with Gasteiger partial charge in [0.25, 0.3) is 0 Å². The molecule has 164 valence electrons. The zero-order chi connectivity index (χ0) is 19.8. The first-order valence-electron chi connectivity index (χ1n) is 10.6. The molecule has 0 radical (unpaired) electrons. The van der Waals surface area contributed by atoms with Crippen LogP contribution in [0.15, 0.2) is 4.99 Å². The lowest BCUT2D eigenvalue weighted by molar-refractivity contribution is -0.135. The Bertz CT molecular complexity index is 495. The molecule has 0 bridgehead atoms. The van der Waals surface area contributed by atoms with E-state index in [2.05, 4.69) is 36.3 Å². The fourth-order valence-corrected chi connectivity index (χ4v) is 3.85. The molecule has 0 saturated carbocycles. The first-order chi connectivity index (χ1) is 12.9. The van der Waals surface area contributed by atoms with Crippen LogP contribution in [0.25, 0.3) is 0 Å². The Balaban J connectivity index is 0.00000392. The van der Waals surface area contributed by atoms with Crippen LogP contribution in [-0.4, -0.2) is 85.7 Å². The van der Waals surface area contributed by atoms with Gasteiger partial charge in [-0.2, -0.15) is 0 Å². The van der Waals surface area contributed by atoms with E-state index in [9.17, 15) is 4.79 Å². The van der Waals surface area contributed by atoms with Crippen molar-refractivity contribution in [3.05, 3.63) is 0 Å². The van der Waals surface area contributed by atoms with Crippen molar-refractivity contribution in [2.45, 2.75) is 65.6 Å². The van der Waals surface area contributed by atoms with Gasteiger partial charge in [-0.3, -0.25) is 14.7 Å². The first kappa shape index (κ1) is 25.4. The predicted molar refractivity (Wildman–Crippen MR) is 125 cm³/mol. The SMILES string of the molecule is CCNC(=NCC(C)N1CCOCC1C)NC1CCN(C(=O)C(C)C)CC1.I. The third-order valence-corrected chi connectivity index (χ3v) is 5.48. The fraction of sp³-hybridized carbons (Fsp3) is 0.900. The number of nitrogens with one attached hydrogen (secondary N) is 2. The summed E-state index contributed by atoms with van der Waals surface area (Å²) in [5.74, 6) is 1.24. The van der Waals surface area contributed by atoms with Crippen LogP contribution in [0.1, 0.15) is 47.5 Å². The Labute approximate surface area is 188 Å². The van der Waals surface area contributed by atoms with Crippen LogP contribution in [0.3, 0.4) is 0 Å². The van der Waals surface area contributed by atoms with E-state index in [1.54, 1.807) is 0 Å². The largest absolute Gasteiger partial charge is 0.379 e. The molecule has 0 spiro atoms. The summed E-state index contributed by atoms with van der Waals surface area (Å²) in [4.78, 5) is 21.4. The summed E-state index contributed by atoms with van der Waals surface area (Å²) in [7, 11) is 0. The van der Waals surface area contributed by atoms with Gasteiger partial charge < -0.3 is 20.3 Å². The van der Waals surface area contributed by atoms with Crippen molar-refractivity contribution in [2.75, 3.05) is 45.9 Å². The van der Waals surface area contributed by atoms with Gasteiger partial charge in [0.1, 0.15) is 0 Å². The molecular weight excluding hydrogens is 469 g/mol. The minimum Gasteiger partial charge on any atom is -0.379 e. The van der Waals surface area contributed by atoms with Crippen molar-refractivity contribution in [1.29, 1.82) is 0 Å². The van der Waals surface area contributed by atoms with E-state index in [0.717, 1.165) is 64.7 Å². The number of piperidine rings is 1. The summed E-state index contributed by atoms with van der Waals surface area (Å²) < 4.78 is 5.54. The van der Waals surface area contributed by atoms with E-state index in [-0.39, 0.29) is 35.8 Å². The Morgan fingerprint density at radius 3 is 2.46 bits per heavy atom. The van der Waals surface area contributed by atoms with E-state index >= 15 is 0 Å². The number of halogens is 1. The third kappa shape index (κ3) is 7.67. The lowest BCUT2D eigenvalue weighted by Crippen LogP contribution is -2.51. The van der Waals surface area contributed by atoms with Crippen molar-refractivity contribution in [1.82, 2.24) is 20.4 Å². The smallest absolute Gasteiger partial charge is 0.225 e. The first-order valence-corrected chi connectivity index (χ1v) is 10.6. The van der Waals surface area contributed by atoms with Gasteiger partial charge in [0, 0.05) is 50.2 Å². The van der Waals surface area contributed by atoms with Crippen molar-refractivity contribution in [3.8, 4) is 0 Å². The maximum Gasteiger partial charge on any atom is 0.225 e. The molecular formula is C20H40IN5O2. The van der Waals surface area contributed by atoms with Crippen LogP contribution in [0, 0.1) is 5.92 Å². The lowest BCUT2D eigenvalue weighted by atomic mass is 10.0. The monoisotopic (exact) mass is 509 g/mol. The van der Waals surface area contributed by atoms with Crippen molar-refractivity contribution in [2.24, 2.45) is 10.9 Å². The second-order valence-corrected chi connectivity index (χ2v) is 8.13. The number of morpholine rings is 1. The number of guanidine groups is 1. The fourth-order valence-electron chi connectivity index (χ4n) is 3.85.